The molecule has 0 amide bonds. The number of hydrogen-bond acceptors (Lipinski definition) is 2. The minimum Gasteiger partial charge on any atom is -0.317 e. The fourth-order valence-electron chi connectivity index (χ4n) is 1.33. The Balaban J connectivity index is 2.44. The van der Waals surface area contributed by atoms with Crippen LogP contribution < -0.4 is 5.32 Å². The van der Waals surface area contributed by atoms with Crippen LogP contribution in [-0.2, 0) is 6.18 Å². The van der Waals surface area contributed by atoms with Crippen molar-refractivity contribution in [2.24, 2.45) is 0 Å². The third-order valence-corrected chi connectivity index (χ3v) is 3.26. The lowest BCUT2D eigenvalue weighted by molar-refractivity contribution is -0.137. The summed E-state index contributed by atoms with van der Waals surface area (Å²) in [6.45, 7) is 3.86. The molecule has 0 spiro atoms. The van der Waals surface area contributed by atoms with E-state index in [9.17, 15) is 13.2 Å². The van der Waals surface area contributed by atoms with Crippen LogP contribution in [0.5, 0.6) is 0 Å². The zero-order valence-corrected chi connectivity index (χ0v) is 10.5. The molecule has 0 radical (unpaired) electrons. The Morgan fingerprint density at radius 2 is 2.06 bits per heavy atom. The highest BCUT2D eigenvalue weighted by Crippen LogP contribution is 2.31. The molecule has 17 heavy (non-hydrogen) atoms. The molecule has 0 aliphatic carbocycles. The van der Waals surface area contributed by atoms with Gasteiger partial charge in [-0.3, -0.25) is 0 Å². The molecule has 0 saturated heterocycles. The summed E-state index contributed by atoms with van der Waals surface area (Å²) in [6.07, 6.45) is -3.30. The SMILES string of the molecule is CCNCCCSc1cccc(C(F)(F)F)c1. The van der Waals surface area contributed by atoms with E-state index in [0.717, 1.165) is 31.3 Å². The monoisotopic (exact) mass is 263 g/mol. The second-order valence-corrected chi connectivity index (χ2v) is 4.75. The number of rotatable bonds is 6. The van der Waals surface area contributed by atoms with Gasteiger partial charge in [-0.25, -0.2) is 0 Å². The standard InChI is InChI=1S/C12H16F3NS/c1-2-16-7-4-8-17-11-6-3-5-10(9-11)12(13,14)15/h3,5-6,9,16H,2,4,7-8H2,1H3. The molecule has 0 fully saturated rings. The third kappa shape index (κ3) is 5.46. The molecular formula is C12H16F3NS. The van der Waals surface area contributed by atoms with Crippen molar-refractivity contribution in [2.45, 2.75) is 24.4 Å². The van der Waals surface area contributed by atoms with E-state index in [1.165, 1.54) is 23.9 Å². The van der Waals surface area contributed by atoms with E-state index in [-0.39, 0.29) is 0 Å². The highest BCUT2D eigenvalue weighted by Gasteiger charge is 2.30. The predicted molar refractivity (Wildman–Crippen MR) is 65.3 cm³/mol. The van der Waals surface area contributed by atoms with E-state index in [2.05, 4.69) is 5.32 Å². The van der Waals surface area contributed by atoms with Gasteiger partial charge in [-0.1, -0.05) is 13.0 Å². The number of hydrogen-bond donors (Lipinski definition) is 1. The number of halogens is 3. The van der Waals surface area contributed by atoms with Crippen molar-refractivity contribution in [1.29, 1.82) is 0 Å². The molecule has 1 aromatic rings. The molecule has 1 aromatic carbocycles. The molecule has 1 nitrogen and oxygen atoms in total. The second-order valence-electron chi connectivity index (χ2n) is 3.58. The van der Waals surface area contributed by atoms with Crippen LogP contribution in [0.3, 0.4) is 0 Å². The summed E-state index contributed by atoms with van der Waals surface area (Å²) in [4.78, 5) is 0.677. The molecule has 5 heteroatoms. The molecule has 0 bridgehead atoms. The maximum atomic E-state index is 12.4. The van der Waals surface area contributed by atoms with Crippen molar-refractivity contribution in [3.05, 3.63) is 29.8 Å². The number of nitrogens with one attached hydrogen (secondary N) is 1. The molecule has 0 unspecified atom stereocenters. The molecule has 96 valence electrons. The molecule has 0 heterocycles. The third-order valence-electron chi connectivity index (χ3n) is 2.18. The van der Waals surface area contributed by atoms with Crippen LogP contribution in [0.2, 0.25) is 0 Å². The smallest absolute Gasteiger partial charge is 0.317 e. The van der Waals surface area contributed by atoms with Gasteiger partial charge in [-0.15, -0.1) is 11.8 Å². The van der Waals surface area contributed by atoms with Crippen LogP contribution in [0.15, 0.2) is 29.2 Å². The van der Waals surface area contributed by atoms with E-state index in [1.54, 1.807) is 6.07 Å². The molecule has 1 rings (SSSR count). The van der Waals surface area contributed by atoms with Crippen molar-refractivity contribution in [3.8, 4) is 0 Å². The Hall–Kier alpha value is -0.680. The first kappa shape index (κ1) is 14.4. The van der Waals surface area contributed by atoms with Gasteiger partial charge in [0, 0.05) is 4.90 Å². The molecule has 1 N–H and O–H groups in total. The first-order valence-corrected chi connectivity index (χ1v) is 6.53. The first-order valence-electron chi connectivity index (χ1n) is 5.55. The van der Waals surface area contributed by atoms with Crippen molar-refractivity contribution in [1.82, 2.24) is 5.32 Å². The van der Waals surface area contributed by atoms with Gasteiger partial charge in [-0.05, 0) is 43.5 Å². The molecular weight excluding hydrogens is 247 g/mol. The minimum atomic E-state index is -4.25. The van der Waals surface area contributed by atoms with Crippen molar-refractivity contribution in [2.75, 3.05) is 18.8 Å². The van der Waals surface area contributed by atoms with Gasteiger partial charge in [0.1, 0.15) is 0 Å². The lowest BCUT2D eigenvalue weighted by atomic mass is 10.2. The molecule has 0 aliphatic heterocycles. The molecule has 0 aromatic heterocycles. The zero-order valence-electron chi connectivity index (χ0n) is 9.68. The highest BCUT2D eigenvalue weighted by atomic mass is 32.2. The Kier molecular flexibility index (Phi) is 5.85. The van der Waals surface area contributed by atoms with E-state index in [0.29, 0.717) is 4.90 Å². The lowest BCUT2D eigenvalue weighted by Crippen LogP contribution is -2.14. The van der Waals surface area contributed by atoms with E-state index in [4.69, 9.17) is 0 Å². The van der Waals surface area contributed by atoms with Crippen molar-refractivity contribution in [3.63, 3.8) is 0 Å². The van der Waals surface area contributed by atoms with Crippen LogP contribution in [0.1, 0.15) is 18.9 Å². The molecule has 0 saturated carbocycles. The number of benzene rings is 1. The van der Waals surface area contributed by atoms with Gasteiger partial charge in [0.25, 0.3) is 0 Å². The summed E-state index contributed by atoms with van der Waals surface area (Å²) < 4.78 is 37.3. The van der Waals surface area contributed by atoms with Gasteiger partial charge < -0.3 is 5.32 Å². The van der Waals surface area contributed by atoms with Crippen LogP contribution in [0.25, 0.3) is 0 Å². The average Bonchev–Trinajstić information content (AvgIpc) is 2.28. The van der Waals surface area contributed by atoms with Gasteiger partial charge >= 0.3 is 6.18 Å². The van der Waals surface area contributed by atoms with Gasteiger partial charge in [0.15, 0.2) is 0 Å². The van der Waals surface area contributed by atoms with E-state index >= 15 is 0 Å². The zero-order chi connectivity index (χ0) is 12.7. The van der Waals surface area contributed by atoms with Crippen molar-refractivity contribution < 1.29 is 13.2 Å². The van der Waals surface area contributed by atoms with Crippen LogP contribution in [0.4, 0.5) is 13.2 Å². The summed E-state index contributed by atoms with van der Waals surface area (Å²) in [5.74, 6) is 0.828. The average molecular weight is 263 g/mol. The van der Waals surface area contributed by atoms with E-state index in [1.807, 2.05) is 6.92 Å². The quantitative estimate of drug-likeness (QED) is 0.619. The summed E-state index contributed by atoms with van der Waals surface area (Å²) in [5.41, 5.74) is -0.575. The fourth-order valence-corrected chi connectivity index (χ4v) is 2.24. The van der Waals surface area contributed by atoms with Crippen LogP contribution in [-0.4, -0.2) is 18.8 Å². The number of alkyl halides is 3. The topological polar surface area (TPSA) is 12.0 Å². The molecule has 0 aliphatic rings. The van der Waals surface area contributed by atoms with Gasteiger partial charge in [-0.2, -0.15) is 13.2 Å². The fraction of sp³-hybridized carbons (Fsp3) is 0.500. The maximum Gasteiger partial charge on any atom is 0.416 e. The normalized spacial score (nSPS) is 11.8. The minimum absolute atomic E-state index is 0.575. The predicted octanol–water partition coefficient (Wildman–Crippen LogP) is 3.80. The highest BCUT2D eigenvalue weighted by molar-refractivity contribution is 7.99. The van der Waals surface area contributed by atoms with Crippen LogP contribution >= 0.6 is 11.8 Å². The van der Waals surface area contributed by atoms with E-state index < -0.39 is 11.7 Å². The largest absolute Gasteiger partial charge is 0.416 e. The number of thioether (sulfide) groups is 1. The Bertz CT molecular complexity index is 339. The summed E-state index contributed by atoms with van der Waals surface area (Å²) in [6, 6.07) is 5.48. The summed E-state index contributed by atoms with van der Waals surface area (Å²) in [5, 5.41) is 3.18. The Morgan fingerprint density at radius 3 is 2.71 bits per heavy atom. The first-order chi connectivity index (χ1) is 8.04. The Labute approximate surface area is 104 Å². The van der Waals surface area contributed by atoms with Gasteiger partial charge in [0.2, 0.25) is 0 Å². The van der Waals surface area contributed by atoms with Crippen molar-refractivity contribution >= 4 is 11.8 Å². The van der Waals surface area contributed by atoms with Crippen LogP contribution in [0, 0.1) is 0 Å². The summed E-state index contributed by atoms with van der Waals surface area (Å²) in [7, 11) is 0. The lowest BCUT2D eigenvalue weighted by Gasteiger charge is -2.08. The molecule has 0 atom stereocenters. The van der Waals surface area contributed by atoms with Gasteiger partial charge in [0.05, 0.1) is 5.56 Å². The Morgan fingerprint density at radius 1 is 1.29 bits per heavy atom. The summed E-state index contributed by atoms with van der Waals surface area (Å²) >= 11 is 1.46. The second kappa shape index (κ2) is 6.91. The maximum absolute atomic E-state index is 12.4.